The molecule has 0 aliphatic rings. The first-order chi connectivity index (χ1) is 9.20. The van der Waals surface area contributed by atoms with Crippen LogP contribution in [0.25, 0.3) is 0 Å². The first-order valence-corrected chi connectivity index (χ1v) is 6.11. The zero-order valence-corrected chi connectivity index (χ0v) is 11.1. The lowest BCUT2D eigenvalue weighted by Gasteiger charge is -2.18. The fraction of sp³-hybridized carbons (Fsp3) is 0.286. The Balaban J connectivity index is 2.13. The van der Waals surface area contributed by atoms with Crippen LogP contribution in [0.2, 0.25) is 0 Å². The largest absolute Gasteiger partial charge is 0.354 e. The molecule has 1 aromatic carbocycles. The summed E-state index contributed by atoms with van der Waals surface area (Å²) in [6.07, 6.45) is 3.40. The fourth-order valence-corrected chi connectivity index (χ4v) is 1.81. The summed E-state index contributed by atoms with van der Waals surface area (Å²) in [6.45, 7) is 1.12. The maximum Gasteiger partial charge on any atom is 0.147 e. The molecule has 4 nitrogen and oxygen atoms in total. The normalized spacial score (nSPS) is 10.5. The molecule has 0 radical (unpaired) electrons. The van der Waals surface area contributed by atoms with Crippen molar-refractivity contribution < 1.29 is 4.39 Å². The molecular weight excluding hydrogens is 243 g/mol. The number of hydrogen-bond donors (Lipinski definition) is 1. The Morgan fingerprint density at radius 2 is 2.05 bits per heavy atom. The van der Waals surface area contributed by atoms with Gasteiger partial charge in [0.15, 0.2) is 0 Å². The highest BCUT2D eigenvalue weighted by Crippen LogP contribution is 2.14. The Morgan fingerprint density at radius 3 is 2.79 bits per heavy atom. The van der Waals surface area contributed by atoms with Gasteiger partial charge in [-0.15, -0.1) is 0 Å². The summed E-state index contributed by atoms with van der Waals surface area (Å²) in [4.78, 5) is 10.5. The van der Waals surface area contributed by atoms with Gasteiger partial charge in [0.2, 0.25) is 0 Å². The van der Waals surface area contributed by atoms with Gasteiger partial charge in [-0.25, -0.2) is 9.37 Å². The molecule has 1 aromatic heterocycles. The Kier molecular flexibility index (Phi) is 4.41. The van der Waals surface area contributed by atoms with Crippen LogP contribution in [0, 0.1) is 5.82 Å². The molecule has 0 saturated heterocycles. The van der Waals surface area contributed by atoms with Crippen molar-refractivity contribution in [3.05, 3.63) is 53.7 Å². The Bertz CT molecular complexity index is 544. The van der Waals surface area contributed by atoms with Crippen molar-refractivity contribution >= 4 is 5.82 Å². The summed E-state index contributed by atoms with van der Waals surface area (Å²) in [5.74, 6) is 0.532. The van der Waals surface area contributed by atoms with E-state index in [0.717, 1.165) is 11.5 Å². The van der Waals surface area contributed by atoms with Gasteiger partial charge in [-0.05, 0) is 13.1 Å². The molecule has 2 aromatic rings. The topological polar surface area (TPSA) is 41.1 Å². The quantitative estimate of drug-likeness (QED) is 0.892. The molecule has 2 rings (SSSR count). The maximum absolute atomic E-state index is 13.6. The summed E-state index contributed by atoms with van der Waals surface area (Å²) in [7, 11) is 3.73. The molecule has 1 N–H and O–H groups in total. The number of benzene rings is 1. The predicted octanol–water partition coefficient (Wildman–Crippen LogP) is 1.97. The van der Waals surface area contributed by atoms with E-state index in [4.69, 9.17) is 0 Å². The Labute approximate surface area is 112 Å². The molecule has 0 saturated carbocycles. The Hall–Kier alpha value is -2.01. The summed E-state index contributed by atoms with van der Waals surface area (Å²) in [5, 5.41) is 3.03. The minimum absolute atomic E-state index is 0.200. The molecule has 100 valence electrons. The molecular formula is C14H17FN4. The second-order valence-electron chi connectivity index (χ2n) is 4.35. The SMILES string of the molecule is CNCc1cncc(N(C)Cc2ccccc2F)n1. The smallest absolute Gasteiger partial charge is 0.147 e. The van der Waals surface area contributed by atoms with Crippen molar-refractivity contribution in [2.24, 2.45) is 0 Å². The van der Waals surface area contributed by atoms with Gasteiger partial charge >= 0.3 is 0 Å². The predicted molar refractivity (Wildman–Crippen MR) is 73.3 cm³/mol. The highest BCUT2D eigenvalue weighted by atomic mass is 19.1. The molecule has 0 aliphatic carbocycles. The third-order valence-electron chi connectivity index (χ3n) is 2.79. The molecule has 0 fully saturated rings. The van der Waals surface area contributed by atoms with Crippen molar-refractivity contribution in [1.29, 1.82) is 0 Å². The standard InChI is InChI=1S/C14H17FN4/c1-16-7-12-8-17-9-14(18-12)19(2)10-11-5-3-4-6-13(11)15/h3-6,8-9,16H,7,10H2,1-2H3. The van der Waals surface area contributed by atoms with Crippen LogP contribution in [0.15, 0.2) is 36.7 Å². The summed E-state index contributed by atoms with van der Waals surface area (Å²) in [5.41, 5.74) is 1.51. The zero-order valence-electron chi connectivity index (χ0n) is 11.1. The summed E-state index contributed by atoms with van der Waals surface area (Å²) in [6, 6.07) is 6.75. The van der Waals surface area contributed by atoms with E-state index in [1.807, 2.05) is 25.1 Å². The van der Waals surface area contributed by atoms with Crippen LogP contribution >= 0.6 is 0 Å². The average molecular weight is 260 g/mol. The minimum atomic E-state index is -0.200. The lowest BCUT2D eigenvalue weighted by atomic mass is 10.2. The first-order valence-electron chi connectivity index (χ1n) is 6.11. The van der Waals surface area contributed by atoms with E-state index >= 15 is 0 Å². The number of anilines is 1. The van der Waals surface area contributed by atoms with E-state index in [0.29, 0.717) is 18.7 Å². The average Bonchev–Trinajstić information content (AvgIpc) is 2.42. The second kappa shape index (κ2) is 6.24. The molecule has 0 bridgehead atoms. The monoisotopic (exact) mass is 260 g/mol. The molecule has 0 spiro atoms. The first kappa shape index (κ1) is 13.4. The molecule has 0 aliphatic heterocycles. The van der Waals surface area contributed by atoms with Crippen molar-refractivity contribution in [1.82, 2.24) is 15.3 Å². The zero-order chi connectivity index (χ0) is 13.7. The third-order valence-corrected chi connectivity index (χ3v) is 2.79. The van der Waals surface area contributed by atoms with Gasteiger partial charge in [0.25, 0.3) is 0 Å². The molecule has 5 heteroatoms. The minimum Gasteiger partial charge on any atom is -0.354 e. The van der Waals surface area contributed by atoms with Crippen LogP contribution in [0.5, 0.6) is 0 Å². The van der Waals surface area contributed by atoms with E-state index in [-0.39, 0.29) is 5.82 Å². The van der Waals surface area contributed by atoms with Gasteiger partial charge in [0, 0.05) is 31.9 Å². The van der Waals surface area contributed by atoms with Crippen molar-refractivity contribution in [3.63, 3.8) is 0 Å². The van der Waals surface area contributed by atoms with Crippen molar-refractivity contribution in [2.45, 2.75) is 13.1 Å². The van der Waals surface area contributed by atoms with Crippen LogP contribution in [-0.4, -0.2) is 24.1 Å². The maximum atomic E-state index is 13.6. The van der Waals surface area contributed by atoms with E-state index in [1.54, 1.807) is 24.5 Å². The molecule has 19 heavy (non-hydrogen) atoms. The van der Waals surface area contributed by atoms with Crippen molar-refractivity contribution in [3.8, 4) is 0 Å². The second-order valence-corrected chi connectivity index (χ2v) is 4.35. The molecule has 1 heterocycles. The van der Waals surface area contributed by atoms with Gasteiger partial charge in [-0.2, -0.15) is 0 Å². The number of nitrogens with zero attached hydrogens (tertiary/aromatic N) is 3. The lowest BCUT2D eigenvalue weighted by molar-refractivity contribution is 0.607. The Morgan fingerprint density at radius 1 is 1.26 bits per heavy atom. The van der Waals surface area contributed by atoms with Crippen molar-refractivity contribution in [2.75, 3.05) is 19.0 Å². The van der Waals surface area contributed by atoms with E-state index in [2.05, 4.69) is 15.3 Å². The molecule has 0 amide bonds. The summed E-state index contributed by atoms with van der Waals surface area (Å²) < 4.78 is 13.6. The van der Waals surface area contributed by atoms with E-state index in [9.17, 15) is 4.39 Å². The van der Waals surface area contributed by atoms with Crippen LogP contribution in [-0.2, 0) is 13.1 Å². The number of nitrogens with one attached hydrogen (secondary N) is 1. The number of hydrogen-bond acceptors (Lipinski definition) is 4. The van der Waals surface area contributed by atoms with Crippen LogP contribution in [0.4, 0.5) is 10.2 Å². The van der Waals surface area contributed by atoms with Gasteiger partial charge in [-0.1, -0.05) is 18.2 Å². The number of rotatable bonds is 5. The lowest BCUT2D eigenvalue weighted by Crippen LogP contribution is -2.20. The highest BCUT2D eigenvalue weighted by Gasteiger charge is 2.08. The van der Waals surface area contributed by atoms with Gasteiger partial charge in [0.05, 0.1) is 11.9 Å². The highest BCUT2D eigenvalue weighted by molar-refractivity contribution is 5.37. The number of halogens is 1. The van der Waals surface area contributed by atoms with E-state index in [1.165, 1.54) is 6.07 Å². The van der Waals surface area contributed by atoms with Gasteiger partial charge in [-0.3, -0.25) is 4.98 Å². The third kappa shape index (κ3) is 3.48. The summed E-state index contributed by atoms with van der Waals surface area (Å²) >= 11 is 0. The van der Waals surface area contributed by atoms with Crippen LogP contribution in [0.1, 0.15) is 11.3 Å². The van der Waals surface area contributed by atoms with Crippen LogP contribution < -0.4 is 10.2 Å². The van der Waals surface area contributed by atoms with Gasteiger partial charge in [0.1, 0.15) is 11.6 Å². The number of aromatic nitrogens is 2. The van der Waals surface area contributed by atoms with Crippen LogP contribution in [0.3, 0.4) is 0 Å². The molecule has 0 unspecified atom stereocenters. The fourth-order valence-electron chi connectivity index (χ4n) is 1.81. The van der Waals surface area contributed by atoms with Gasteiger partial charge < -0.3 is 10.2 Å². The molecule has 0 atom stereocenters. The van der Waals surface area contributed by atoms with E-state index < -0.39 is 0 Å².